The van der Waals surface area contributed by atoms with Gasteiger partial charge in [-0.15, -0.1) is 0 Å². The van der Waals surface area contributed by atoms with E-state index in [9.17, 15) is 9.59 Å². The maximum atomic E-state index is 13.3. The van der Waals surface area contributed by atoms with Crippen molar-refractivity contribution in [2.75, 3.05) is 13.7 Å². The lowest BCUT2D eigenvalue weighted by atomic mass is 9.85. The van der Waals surface area contributed by atoms with Gasteiger partial charge in [-0.3, -0.25) is 4.79 Å². The summed E-state index contributed by atoms with van der Waals surface area (Å²) in [4.78, 5) is 27.9. The summed E-state index contributed by atoms with van der Waals surface area (Å²) in [5.41, 5.74) is 4.86. The normalized spacial score (nSPS) is 20.9. The van der Waals surface area contributed by atoms with Crippen LogP contribution in [-0.2, 0) is 9.53 Å². The molecule has 3 aliphatic carbocycles. The van der Waals surface area contributed by atoms with Crippen LogP contribution < -0.4 is 0 Å². The fraction of sp³-hybridized carbons (Fsp3) is 0.552. The van der Waals surface area contributed by atoms with Crippen LogP contribution in [0, 0.1) is 5.92 Å². The maximum Gasteiger partial charge on any atom is 0.341 e. The van der Waals surface area contributed by atoms with Crippen molar-refractivity contribution in [3.05, 3.63) is 53.4 Å². The number of rotatable bonds is 7. The van der Waals surface area contributed by atoms with Crippen LogP contribution in [-0.4, -0.2) is 46.3 Å². The Morgan fingerprint density at radius 1 is 1.09 bits per heavy atom. The van der Waals surface area contributed by atoms with E-state index in [1.165, 1.54) is 24.8 Å². The minimum absolute atomic E-state index is 0.0449. The molecule has 1 amide bonds. The van der Waals surface area contributed by atoms with Crippen LogP contribution in [0.1, 0.15) is 98.7 Å². The second-order valence-corrected chi connectivity index (χ2v) is 10.3. The summed E-state index contributed by atoms with van der Waals surface area (Å²) in [5.74, 6) is 0.283. The van der Waals surface area contributed by atoms with Gasteiger partial charge in [0.2, 0.25) is 5.91 Å². The monoisotopic (exact) mass is 475 g/mol. The van der Waals surface area contributed by atoms with E-state index in [0.717, 1.165) is 61.9 Å². The molecule has 1 aromatic heterocycles. The van der Waals surface area contributed by atoms with E-state index >= 15 is 0 Å². The minimum atomic E-state index is -0.296. The number of ether oxygens (including phenoxy) is 1. The molecule has 6 heteroatoms. The molecular weight excluding hydrogens is 438 g/mol. The van der Waals surface area contributed by atoms with Crippen molar-refractivity contribution < 1.29 is 14.3 Å². The Morgan fingerprint density at radius 3 is 2.63 bits per heavy atom. The zero-order valence-electron chi connectivity index (χ0n) is 21.0. The number of aromatic nitrogens is 2. The summed E-state index contributed by atoms with van der Waals surface area (Å²) < 4.78 is 7.19. The van der Waals surface area contributed by atoms with Crippen LogP contribution in [0.15, 0.2) is 36.5 Å². The van der Waals surface area contributed by atoms with Gasteiger partial charge in [0.25, 0.3) is 0 Å². The van der Waals surface area contributed by atoms with E-state index in [2.05, 4.69) is 23.3 Å². The highest BCUT2D eigenvalue weighted by Crippen LogP contribution is 2.43. The average molecular weight is 476 g/mol. The van der Waals surface area contributed by atoms with E-state index in [4.69, 9.17) is 4.74 Å². The van der Waals surface area contributed by atoms with E-state index < -0.39 is 0 Å². The molecule has 0 saturated heterocycles. The molecule has 6 nitrogen and oxygen atoms in total. The molecule has 1 atom stereocenters. The van der Waals surface area contributed by atoms with Gasteiger partial charge in [0.05, 0.1) is 30.1 Å². The number of carbonyl (C=O) groups excluding carboxylic acids is 2. The van der Waals surface area contributed by atoms with Gasteiger partial charge >= 0.3 is 5.97 Å². The Kier molecular flexibility index (Phi) is 7.07. The Morgan fingerprint density at radius 2 is 1.89 bits per heavy atom. The van der Waals surface area contributed by atoms with Crippen molar-refractivity contribution in [1.82, 2.24) is 14.7 Å². The van der Waals surface area contributed by atoms with Crippen LogP contribution in [0.3, 0.4) is 0 Å². The lowest BCUT2D eigenvalue weighted by Gasteiger charge is -2.34. The molecule has 1 unspecified atom stereocenters. The fourth-order valence-electron chi connectivity index (χ4n) is 5.78. The molecule has 0 aliphatic heterocycles. The summed E-state index contributed by atoms with van der Waals surface area (Å²) in [5, 5.41) is 4.59. The Balaban J connectivity index is 1.39. The van der Waals surface area contributed by atoms with E-state index in [-0.39, 0.29) is 17.8 Å². The van der Waals surface area contributed by atoms with Gasteiger partial charge in [-0.05, 0) is 75.1 Å². The minimum Gasteiger partial charge on any atom is -0.462 e. The maximum absolute atomic E-state index is 13.3. The van der Waals surface area contributed by atoms with Gasteiger partial charge in [0.1, 0.15) is 5.56 Å². The second kappa shape index (κ2) is 10.4. The number of amides is 1. The summed E-state index contributed by atoms with van der Waals surface area (Å²) in [7, 11) is 2.00. The van der Waals surface area contributed by atoms with Crippen LogP contribution in [0.25, 0.3) is 11.3 Å². The van der Waals surface area contributed by atoms with Gasteiger partial charge < -0.3 is 9.64 Å². The topological polar surface area (TPSA) is 64.4 Å². The average Bonchev–Trinajstić information content (AvgIpc) is 3.65. The second-order valence-electron chi connectivity index (χ2n) is 10.3. The van der Waals surface area contributed by atoms with Crippen LogP contribution in [0.2, 0.25) is 0 Å². The first-order valence-electron chi connectivity index (χ1n) is 13.4. The molecule has 0 radical (unpaired) electrons. The number of esters is 1. The summed E-state index contributed by atoms with van der Waals surface area (Å²) >= 11 is 0. The van der Waals surface area contributed by atoms with E-state index in [0.29, 0.717) is 24.1 Å². The molecule has 0 N–H and O–H groups in total. The van der Waals surface area contributed by atoms with E-state index in [1.807, 2.05) is 35.7 Å². The highest BCUT2D eigenvalue weighted by atomic mass is 16.5. The van der Waals surface area contributed by atoms with Gasteiger partial charge in [-0.25, -0.2) is 9.48 Å². The number of carbonyl (C=O) groups is 2. The molecule has 3 aliphatic rings. The number of hydrogen-bond acceptors (Lipinski definition) is 4. The molecule has 2 aromatic rings. The lowest BCUT2D eigenvalue weighted by Crippen LogP contribution is -2.41. The third kappa shape index (κ3) is 5.07. The standard InChI is InChI=1S/C29H37N3O3/c1-3-35-29(34)26-19-30-32(27(26)20-15-16-20)25-14-8-10-22(18-25)21-9-7-11-23(17-21)28(33)31(2)24-12-5-4-6-13-24/h8,10,14,17-20,23-24H,3-7,9,11-13,15-16H2,1-2H3. The first-order chi connectivity index (χ1) is 17.1. The molecule has 1 aromatic carbocycles. The SMILES string of the molecule is CCOC(=O)c1cnn(-c2cccc(C3=CC(C(=O)N(C)C4CCCCC4)CCC3)c2)c1C1CC1. The van der Waals surface area contributed by atoms with Gasteiger partial charge in [-0.2, -0.15) is 5.10 Å². The summed E-state index contributed by atoms with van der Waals surface area (Å²) in [6.45, 7) is 2.18. The number of nitrogens with zero attached hydrogens (tertiary/aromatic N) is 3. The largest absolute Gasteiger partial charge is 0.462 e. The molecule has 186 valence electrons. The molecule has 35 heavy (non-hydrogen) atoms. The zero-order chi connectivity index (χ0) is 24.4. The highest BCUT2D eigenvalue weighted by molar-refractivity contribution is 5.91. The third-order valence-electron chi connectivity index (χ3n) is 7.88. The smallest absolute Gasteiger partial charge is 0.341 e. The van der Waals surface area contributed by atoms with E-state index in [1.54, 1.807) is 6.20 Å². The molecule has 0 spiro atoms. The van der Waals surface area contributed by atoms with Gasteiger partial charge in [0, 0.05) is 19.0 Å². The molecular formula is C29H37N3O3. The van der Waals surface area contributed by atoms with Crippen molar-refractivity contribution >= 4 is 17.4 Å². The molecule has 1 heterocycles. The van der Waals surface area contributed by atoms with Crippen molar-refractivity contribution in [3.63, 3.8) is 0 Å². The van der Waals surface area contributed by atoms with Crippen molar-refractivity contribution in [2.24, 2.45) is 5.92 Å². The van der Waals surface area contributed by atoms with Crippen LogP contribution >= 0.6 is 0 Å². The number of allylic oxidation sites excluding steroid dienone is 1. The van der Waals surface area contributed by atoms with Crippen molar-refractivity contribution in [2.45, 2.75) is 83.1 Å². The Bertz CT molecular complexity index is 1110. The van der Waals surface area contributed by atoms with Crippen LogP contribution in [0.4, 0.5) is 0 Å². The van der Waals surface area contributed by atoms with Gasteiger partial charge in [-0.1, -0.05) is 37.5 Å². The first kappa shape index (κ1) is 23.8. The predicted molar refractivity (Wildman–Crippen MR) is 136 cm³/mol. The molecule has 2 fully saturated rings. The molecule has 2 saturated carbocycles. The number of hydrogen-bond donors (Lipinski definition) is 0. The third-order valence-corrected chi connectivity index (χ3v) is 7.88. The first-order valence-corrected chi connectivity index (χ1v) is 13.4. The summed E-state index contributed by atoms with van der Waals surface area (Å²) in [6, 6.07) is 8.76. The molecule has 5 rings (SSSR count). The summed E-state index contributed by atoms with van der Waals surface area (Å²) in [6.07, 6.45) is 14.9. The zero-order valence-corrected chi connectivity index (χ0v) is 21.0. The Hall–Kier alpha value is -2.89. The highest BCUT2D eigenvalue weighted by Gasteiger charge is 2.34. The fourth-order valence-corrected chi connectivity index (χ4v) is 5.78. The lowest BCUT2D eigenvalue weighted by molar-refractivity contribution is -0.135. The number of benzene rings is 1. The van der Waals surface area contributed by atoms with Crippen molar-refractivity contribution in [3.8, 4) is 5.69 Å². The quantitative estimate of drug-likeness (QED) is 0.468. The van der Waals surface area contributed by atoms with Gasteiger partial charge in [0.15, 0.2) is 0 Å². The Labute approximate surface area is 208 Å². The predicted octanol–water partition coefficient (Wildman–Crippen LogP) is 5.90. The van der Waals surface area contributed by atoms with Crippen LogP contribution in [0.5, 0.6) is 0 Å². The molecule has 0 bridgehead atoms. The van der Waals surface area contributed by atoms with Crippen molar-refractivity contribution in [1.29, 1.82) is 0 Å².